The average molecular weight is 382 g/mol. The van der Waals surface area contributed by atoms with Gasteiger partial charge in [0.2, 0.25) is 11.8 Å². The van der Waals surface area contributed by atoms with Crippen molar-refractivity contribution in [2.45, 2.75) is 39.7 Å². The van der Waals surface area contributed by atoms with Crippen LogP contribution in [0.2, 0.25) is 0 Å². The Morgan fingerprint density at radius 3 is 2.54 bits per heavy atom. The quantitative estimate of drug-likeness (QED) is 0.617. The highest BCUT2D eigenvalue weighted by molar-refractivity contribution is 5.92. The molecule has 148 valence electrons. The van der Waals surface area contributed by atoms with Crippen LogP contribution in [0.25, 0.3) is 0 Å². The van der Waals surface area contributed by atoms with Crippen molar-refractivity contribution in [3.63, 3.8) is 0 Å². The van der Waals surface area contributed by atoms with Crippen molar-refractivity contribution >= 4 is 23.5 Å². The number of aryl methyl sites for hydroxylation is 1. The van der Waals surface area contributed by atoms with Gasteiger partial charge in [-0.3, -0.25) is 9.59 Å². The van der Waals surface area contributed by atoms with Gasteiger partial charge >= 0.3 is 5.97 Å². The summed E-state index contributed by atoms with van der Waals surface area (Å²) < 4.78 is 0. The van der Waals surface area contributed by atoms with Crippen molar-refractivity contribution < 1.29 is 19.5 Å². The maximum absolute atomic E-state index is 12.1. The second-order valence-corrected chi connectivity index (χ2v) is 6.74. The van der Waals surface area contributed by atoms with Gasteiger partial charge in [-0.2, -0.15) is 0 Å². The van der Waals surface area contributed by atoms with E-state index in [1.807, 2.05) is 38.1 Å². The van der Waals surface area contributed by atoms with Gasteiger partial charge in [0.25, 0.3) is 0 Å². The number of nitrogens with one attached hydrogen (secondary N) is 2. The zero-order valence-corrected chi connectivity index (χ0v) is 16.2. The minimum atomic E-state index is -0.993. The molecule has 0 aliphatic heterocycles. The lowest BCUT2D eigenvalue weighted by Crippen LogP contribution is -2.23. The Balaban J connectivity index is 1.87. The highest BCUT2D eigenvalue weighted by Gasteiger charge is 2.12. The second-order valence-electron chi connectivity index (χ2n) is 6.74. The van der Waals surface area contributed by atoms with Crippen LogP contribution in [0, 0.1) is 5.92 Å². The molecule has 0 fully saturated rings. The minimum Gasteiger partial charge on any atom is -0.478 e. The first kappa shape index (κ1) is 21.2. The fraction of sp³-hybridized carbons (Fsp3) is 0.318. The van der Waals surface area contributed by atoms with Crippen LogP contribution in [-0.2, 0) is 22.6 Å². The standard InChI is InChI=1S/C22H26N2O4/c1-3-15(2)21(26)24-18-9-6-7-16(13-18)14-23-20(25)12-11-17-8-4-5-10-19(17)22(27)28/h4-10,13,15H,3,11-12,14H2,1-2H3,(H,23,25)(H,24,26)(H,27,28). The predicted octanol–water partition coefficient (Wildman–Crippen LogP) is 3.62. The normalized spacial score (nSPS) is 11.5. The highest BCUT2D eigenvalue weighted by atomic mass is 16.4. The number of amides is 2. The van der Waals surface area contributed by atoms with E-state index in [0.29, 0.717) is 24.2 Å². The number of hydrogen-bond donors (Lipinski definition) is 3. The largest absolute Gasteiger partial charge is 0.478 e. The number of benzene rings is 2. The summed E-state index contributed by atoms with van der Waals surface area (Å²) in [5, 5.41) is 14.9. The van der Waals surface area contributed by atoms with Crippen LogP contribution in [0.1, 0.15) is 48.2 Å². The molecule has 0 aromatic heterocycles. The first-order valence-electron chi connectivity index (χ1n) is 9.38. The van der Waals surface area contributed by atoms with Gasteiger partial charge in [-0.1, -0.05) is 44.2 Å². The van der Waals surface area contributed by atoms with Gasteiger partial charge in [-0.25, -0.2) is 4.79 Å². The lowest BCUT2D eigenvalue weighted by molar-refractivity contribution is -0.121. The number of hydrogen-bond acceptors (Lipinski definition) is 3. The summed E-state index contributed by atoms with van der Waals surface area (Å²) in [5.74, 6) is -1.24. The number of carboxylic acid groups (broad SMARTS) is 1. The third-order valence-electron chi connectivity index (χ3n) is 4.61. The Labute approximate surface area is 165 Å². The molecular weight excluding hydrogens is 356 g/mol. The van der Waals surface area contributed by atoms with E-state index in [9.17, 15) is 19.5 Å². The van der Waals surface area contributed by atoms with Gasteiger partial charge in [-0.05, 0) is 42.2 Å². The average Bonchev–Trinajstić information content (AvgIpc) is 2.70. The van der Waals surface area contributed by atoms with E-state index in [2.05, 4.69) is 10.6 Å². The van der Waals surface area contributed by atoms with Gasteiger partial charge in [0, 0.05) is 24.6 Å². The number of rotatable bonds is 9. The molecule has 6 heteroatoms. The lowest BCUT2D eigenvalue weighted by atomic mass is 10.0. The molecule has 0 spiro atoms. The summed E-state index contributed by atoms with van der Waals surface area (Å²) in [7, 11) is 0. The Morgan fingerprint density at radius 2 is 1.82 bits per heavy atom. The summed E-state index contributed by atoms with van der Waals surface area (Å²) in [4.78, 5) is 35.3. The first-order valence-corrected chi connectivity index (χ1v) is 9.38. The van der Waals surface area contributed by atoms with E-state index in [0.717, 1.165) is 12.0 Å². The van der Waals surface area contributed by atoms with Gasteiger partial charge in [0.05, 0.1) is 5.56 Å². The number of carboxylic acids is 1. The summed E-state index contributed by atoms with van der Waals surface area (Å²) in [6.07, 6.45) is 1.33. The summed E-state index contributed by atoms with van der Waals surface area (Å²) >= 11 is 0. The van der Waals surface area contributed by atoms with Crippen LogP contribution in [0.15, 0.2) is 48.5 Å². The molecule has 0 heterocycles. The molecule has 6 nitrogen and oxygen atoms in total. The third kappa shape index (κ3) is 6.23. The molecule has 2 aromatic rings. The molecule has 0 bridgehead atoms. The molecule has 2 rings (SSSR count). The second kappa shape index (κ2) is 10.3. The molecule has 1 atom stereocenters. The lowest BCUT2D eigenvalue weighted by Gasteiger charge is -2.11. The molecule has 0 aliphatic rings. The molecule has 0 saturated carbocycles. The summed E-state index contributed by atoms with van der Waals surface area (Å²) in [5.41, 5.74) is 2.44. The predicted molar refractivity (Wildman–Crippen MR) is 108 cm³/mol. The Hall–Kier alpha value is -3.15. The highest BCUT2D eigenvalue weighted by Crippen LogP contribution is 2.14. The number of carbonyl (C=O) groups is 3. The van der Waals surface area contributed by atoms with E-state index in [1.54, 1.807) is 18.2 Å². The minimum absolute atomic E-state index is 0.0271. The van der Waals surface area contributed by atoms with Crippen LogP contribution in [0.4, 0.5) is 5.69 Å². The van der Waals surface area contributed by atoms with Crippen molar-refractivity contribution in [3.8, 4) is 0 Å². The fourth-order valence-electron chi connectivity index (χ4n) is 2.69. The van der Waals surface area contributed by atoms with Gasteiger partial charge in [0.15, 0.2) is 0 Å². The topological polar surface area (TPSA) is 95.5 Å². The zero-order valence-electron chi connectivity index (χ0n) is 16.2. The number of aromatic carboxylic acids is 1. The maximum Gasteiger partial charge on any atom is 0.335 e. The van der Waals surface area contributed by atoms with E-state index in [1.165, 1.54) is 6.07 Å². The molecule has 0 aliphatic carbocycles. The van der Waals surface area contributed by atoms with Gasteiger partial charge in [-0.15, -0.1) is 0 Å². The van der Waals surface area contributed by atoms with E-state index in [4.69, 9.17) is 0 Å². The fourth-order valence-corrected chi connectivity index (χ4v) is 2.69. The molecule has 2 amide bonds. The van der Waals surface area contributed by atoms with Gasteiger partial charge < -0.3 is 15.7 Å². The van der Waals surface area contributed by atoms with Crippen molar-refractivity contribution in [1.82, 2.24) is 5.32 Å². The van der Waals surface area contributed by atoms with Gasteiger partial charge in [0.1, 0.15) is 0 Å². The zero-order chi connectivity index (χ0) is 20.5. The first-order chi connectivity index (χ1) is 13.4. The van der Waals surface area contributed by atoms with Crippen molar-refractivity contribution in [2.75, 3.05) is 5.32 Å². The van der Waals surface area contributed by atoms with Crippen LogP contribution in [0.3, 0.4) is 0 Å². The Bertz CT molecular complexity index is 848. The number of anilines is 1. The molecule has 1 unspecified atom stereocenters. The van der Waals surface area contributed by atoms with Crippen LogP contribution in [-0.4, -0.2) is 22.9 Å². The molecule has 2 aromatic carbocycles. The van der Waals surface area contributed by atoms with Crippen LogP contribution >= 0.6 is 0 Å². The summed E-state index contributed by atoms with van der Waals surface area (Å²) in [6, 6.07) is 14.0. The number of carbonyl (C=O) groups excluding carboxylic acids is 2. The molecule has 28 heavy (non-hydrogen) atoms. The van der Waals surface area contributed by atoms with E-state index >= 15 is 0 Å². The Morgan fingerprint density at radius 1 is 1.07 bits per heavy atom. The van der Waals surface area contributed by atoms with Crippen molar-refractivity contribution in [1.29, 1.82) is 0 Å². The van der Waals surface area contributed by atoms with Crippen molar-refractivity contribution in [2.24, 2.45) is 5.92 Å². The van der Waals surface area contributed by atoms with Crippen LogP contribution in [0.5, 0.6) is 0 Å². The van der Waals surface area contributed by atoms with Crippen molar-refractivity contribution in [3.05, 3.63) is 65.2 Å². The SMILES string of the molecule is CCC(C)C(=O)Nc1cccc(CNC(=O)CCc2ccccc2C(=O)O)c1. The molecule has 0 saturated heterocycles. The summed E-state index contributed by atoms with van der Waals surface area (Å²) in [6.45, 7) is 4.18. The maximum atomic E-state index is 12.1. The van der Waals surface area contributed by atoms with E-state index < -0.39 is 5.97 Å². The monoisotopic (exact) mass is 382 g/mol. The van der Waals surface area contributed by atoms with E-state index in [-0.39, 0.29) is 29.7 Å². The molecular formula is C22H26N2O4. The smallest absolute Gasteiger partial charge is 0.335 e. The third-order valence-corrected chi connectivity index (χ3v) is 4.61. The Kier molecular flexibility index (Phi) is 7.75. The molecule has 0 radical (unpaired) electrons. The van der Waals surface area contributed by atoms with Crippen LogP contribution < -0.4 is 10.6 Å². The molecule has 3 N–H and O–H groups in total.